The Labute approximate surface area is 194 Å². The number of hydrogen-bond donors (Lipinski definition) is 2. The Bertz CT molecular complexity index is 1290. The summed E-state index contributed by atoms with van der Waals surface area (Å²) in [6, 6.07) is 8.00. The number of carbonyl (C=O) groups excluding carboxylic acids is 1. The van der Waals surface area contributed by atoms with Crippen molar-refractivity contribution in [2.45, 2.75) is 25.8 Å². The van der Waals surface area contributed by atoms with Crippen LogP contribution < -0.4 is 15.5 Å². The highest BCUT2D eigenvalue weighted by atomic mass is 32.1. The van der Waals surface area contributed by atoms with E-state index < -0.39 is 11.7 Å². The summed E-state index contributed by atoms with van der Waals surface area (Å²) in [5.74, 6) is -0.0582. The second kappa shape index (κ2) is 9.21. The summed E-state index contributed by atoms with van der Waals surface area (Å²) in [6.45, 7) is 3.56. The van der Waals surface area contributed by atoms with Gasteiger partial charge in [0.25, 0.3) is 5.91 Å². The summed E-state index contributed by atoms with van der Waals surface area (Å²) < 4.78 is 16.3. The van der Waals surface area contributed by atoms with E-state index in [1.165, 1.54) is 12.1 Å². The monoisotopic (exact) mass is 462 g/mol. The van der Waals surface area contributed by atoms with Crippen molar-refractivity contribution in [3.63, 3.8) is 0 Å². The summed E-state index contributed by atoms with van der Waals surface area (Å²) in [7, 11) is 0. The number of pyridine rings is 1. The van der Waals surface area contributed by atoms with Crippen molar-refractivity contribution >= 4 is 44.8 Å². The van der Waals surface area contributed by atoms with Gasteiger partial charge in [0.2, 0.25) is 5.95 Å². The minimum absolute atomic E-state index is 0.00629. The molecule has 0 saturated carbocycles. The molecule has 0 spiro atoms. The van der Waals surface area contributed by atoms with Crippen LogP contribution in [0.1, 0.15) is 28.8 Å². The van der Waals surface area contributed by atoms with E-state index in [-0.39, 0.29) is 11.6 Å². The molecule has 1 amide bonds. The molecular formula is C24H23FN6OS. The average molecular weight is 463 g/mol. The van der Waals surface area contributed by atoms with E-state index in [0.717, 1.165) is 35.0 Å². The van der Waals surface area contributed by atoms with E-state index in [0.29, 0.717) is 24.0 Å². The summed E-state index contributed by atoms with van der Waals surface area (Å²) in [5, 5.41) is 9.32. The zero-order valence-electron chi connectivity index (χ0n) is 18.1. The summed E-state index contributed by atoms with van der Waals surface area (Å²) >= 11 is 1.62. The van der Waals surface area contributed by atoms with Crippen LogP contribution in [0.2, 0.25) is 0 Å². The third-order valence-corrected chi connectivity index (χ3v) is 6.82. The molecule has 1 aliphatic heterocycles. The lowest BCUT2D eigenvalue weighted by Gasteiger charge is -2.34. The maximum absolute atomic E-state index is 15.2. The zero-order chi connectivity index (χ0) is 22.8. The molecule has 1 aromatic carbocycles. The van der Waals surface area contributed by atoms with Gasteiger partial charge in [-0.15, -0.1) is 11.3 Å². The zero-order valence-corrected chi connectivity index (χ0v) is 18.9. The van der Waals surface area contributed by atoms with Crippen LogP contribution in [0.3, 0.4) is 0 Å². The molecule has 4 aromatic rings. The molecular weight excluding hydrogens is 439 g/mol. The molecule has 1 atom stereocenters. The lowest BCUT2D eigenvalue weighted by Crippen LogP contribution is -2.49. The Morgan fingerprint density at radius 3 is 2.82 bits per heavy atom. The fourth-order valence-electron chi connectivity index (χ4n) is 4.17. The standard InChI is InChI=1S/C24H23FN6OS/c1-15-14-33-20-7-11-27-22(21(15)20)31(17-4-2-8-26-13-17)23(32)18-6-5-16(12-19(18)25)30-24-28-9-3-10-29-24/h3,5-7,9-12,14,17,26H,2,4,8,13H2,1H3,(H,28,29,30)/t17-/m1/s1. The maximum atomic E-state index is 15.2. The van der Waals surface area contributed by atoms with E-state index in [4.69, 9.17) is 0 Å². The third-order valence-electron chi connectivity index (χ3n) is 5.75. The number of amides is 1. The highest BCUT2D eigenvalue weighted by Crippen LogP contribution is 2.35. The number of carbonyl (C=O) groups is 1. The number of nitrogens with one attached hydrogen (secondary N) is 2. The largest absolute Gasteiger partial charge is 0.324 e. The smallest absolute Gasteiger partial charge is 0.262 e. The van der Waals surface area contributed by atoms with Gasteiger partial charge < -0.3 is 10.6 Å². The molecule has 0 radical (unpaired) electrons. The van der Waals surface area contributed by atoms with Gasteiger partial charge in [-0.2, -0.15) is 0 Å². The molecule has 1 saturated heterocycles. The van der Waals surface area contributed by atoms with Gasteiger partial charge in [-0.1, -0.05) is 0 Å². The predicted molar refractivity (Wildman–Crippen MR) is 129 cm³/mol. The van der Waals surface area contributed by atoms with E-state index in [1.807, 2.05) is 13.0 Å². The van der Waals surface area contributed by atoms with Gasteiger partial charge in [-0.3, -0.25) is 9.69 Å². The number of benzene rings is 1. The van der Waals surface area contributed by atoms with E-state index in [2.05, 4.69) is 31.0 Å². The van der Waals surface area contributed by atoms with Crippen LogP contribution in [-0.4, -0.2) is 40.0 Å². The summed E-state index contributed by atoms with van der Waals surface area (Å²) in [5.41, 5.74) is 1.53. The fourth-order valence-corrected chi connectivity index (χ4v) is 5.10. The number of thiophene rings is 1. The van der Waals surface area contributed by atoms with Crippen LogP contribution >= 0.6 is 11.3 Å². The Hall–Kier alpha value is -3.43. The maximum Gasteiger partial charge on any atom is 0.262 e. The molecule has 3 aromatic heterocycles. The minimum Gasteiger partial charge on any atom is -0.324 e. The SMILES string of the molecule is Cc1csc2ccnc(N(C(=O)c3ccc(Nc4ncccn4)cc3F)[C@@H]3CCCNC3)c12. The Balaban J connectivity index is 1.53. The predicted octanol–water partition coefficient (Wildman–Crippen LogP) is 4.68. The first-order valence-corrected chi connectivity index (χ1v) is 11.7. The van der Waals surface area contributed by atoms with Gasteiger partial charge in [-0.25, -0.2) is 19.3 Å². The number of rotatable bonds is 5. The van der Waals surface area contributed by atoms with Gasteiger partial charge in [0.15, 0.2) is 0 Å². The first-order chi connectivity index (χ1) is 16.1. The second-order valence-corrected chi connectivity index (χ2v) is 8.90. The molecule has 2 N–H and O–H groups in total. The van der Waals surface area contributed by atoms with Gasteiger partial charge in [0.05, 0.1) is 11.6 Å². The molecule has 4 heterocycles. The van der Waals surface area contributed by atoms with Gasteiger partial charge in [-0.05, 0) is 67.6 Å². The minimum atomic E-state index is -0.607. The molecule has 0 bridgehead atoms. The number of anilines is 3. The first kappa shape index (κ1) is 21.4. The number of aryl methyl sites for hydroxylation is 1. The summed E-state index contributed by atoms with van der Waals surface area (Å²) in [4.78, 5) is 28.2. The van der Waals surface area contributed by atoms with Crippen molar-refractivity contribution < 1.29 is 9.18 Å². The Kier molecular flexibility index (Phi) is 5.97. The number of fused-ring (bicyclic) bond motifs is 1. The molecule has 0 unspecified atom stereocenters. The fraction of sp³-hybridized carbons (Fsp3) is 0.250. The molecule has 7 nitrogen and oxygen atoms in total. The number of nitrogens with zero attached hydrogens (tertiary/aromatic N) is 4. The molecule has 33 heavy (non-hydrogen) atoms. The van der Waals surface area contributed by atoms with E-state index in [9.17, 15) is 4.79 Å². The van der Waals surface area contributed by atoms with E-state index in [1.54, 1.807) is 47.0 Å². The van der Waals surface area contributed by atoms with Gasteiger partial charge in [0, 0.05) is 40.9 Å². The summed E-state index contributed by atoms with van der Waals surface area (Å²) in [6.07, 6.45) is 6.68. The molecule has 0 aliphatic carbocycles. The normalized spacial score (nSPS) is 16.0. The van der Waals surface area contributed by atoms with Crippen molar-refractivity contribution in [1.82, 2.24) is 20.3 Å². The van der Waals surface area contributed by atoms with Crippen LogP contribution in [0.25, 0.3) is 10.1 Å². The van der Waals surface area contributed by atoms with Crippen molar-refractivity contribution in [2.24, 2.45) is 0 Å². The van der Waals surface area contributed by atoms with Crippen LogP contribution in [0.15, 0.2) is 54.3 Å². The number of aromatic nitrogens is 3. The highest BCUT2D eigenvalue weighted by Gasteiger charge is 2.32. The van der Waals surface area contributed by atoms with Crippen molar-refractivity contribution in [3.8, 4) is 0 Å². The van der Waals surface area contributed by atoms with Gasteiger partial charge >= 0.3 is 0 Å². The average Bonchev–Trinajstić information content (AvgIpc) is 3.22. The number of piperidine rings is 1. The number of halogens is 1. The molecule has 5 rings (SSSR count). The van der Waals surface area contributed by atoms with Crippen LogP contribution in [0.5, 0.6) is 0 Å². The molecule has 168 valence electrons. The first-order valence-electron chi connectivity index (χ1n) is 10.8. The number of hydrogen-bond acceptors (Lipinski definition) is 7. The Morgan fingerprint density at radius 1 is 1.21 bits per heavy atom. The quantitative estimate of drug-likeness (QED) is 0.448. The highest BCUT2D eigenvalue weighted by molar-refractivity contribution is 7.17. The van der Waals surface area contributed by atoms with Crippen LogP contribution in [-0.2, 0) is 0 Å². The molecule has 1 aliphatic rings. The van der Waals surface area contributed by atoms with Crippen LogP contribution in [0, 0.1) is 12.7 Å². The van der Waals surface area contributed by atoms with E-state index >= 15 is 4.39 Å². The second-order valence-electron chi connectivity index (χ2n) is 7.99. The lowest BCUT2D eigenvalue weighted by molar-refractivity contribution is 0.0968. The van der Waals surface area contributed by atoms with Gasteiger partial charge in [0.1, 0.15) is 11.6 Å². The molecule has 9 heteroatoms. The third kappa shape index (κ3) is 4.29. The molecule has 1 fully saturated rings. The van der Waals surface area contributed by atoms with Crippen molar-refractivity contribution in [2.75, 3.05) is 23.3 Å². The van der Waals surface area contributed by atoms with Crippen molar-refractivity contribution in [3.05, 3.63) is 71.2 Å². The Morgan fingerprint density at radius 2 is 2.06 bits per heavy atom. The topological polar surface area (TPSA) is 83.0 Å². The van der Waals surface area contributed by atoms with Crippen LogP contribution in [0.4, 0.5) is 21.8 Å². The van der Waals surface area contributed by atoms with Crippen molar-refractivity contribution in [1.29, 1.82) is 0 Å². The lowest BCUT2D eigenvalue weighted by atomic mass is 10.0.